The van der Waals surface area contributed by atoms with E-state index in [4.69, 9.17) is 4.98 Å². The maximum atomic E-state index is 4.80. The van der Waals surface area contributed by atoms with Gasteiger partial charge in [-0.05, 0) is 44.7 Å². The van der Waals surface area contributed by atoms with Gasteiger partial charge in [-0.2, -0.15) is 0 Å². The molecule has 0 saturated heterocycles. The van der Waals surface area contributed by atoms with Crippen LogP contribution < -0.4 is 5.32 Å². The highest BCUT2D eigenvalue weighted by atomic mass is 15.0. The van der Waals surface area contributed by atoms with E-state index in [0.29, 0.717) is 5.92 Å². The SMILES string of the molecule is CCNc1cc(C2CC2)nc(-c2cccc(C)c2C)n1. The molecule has 0 bridgehead atoms. The summed E-state index contributed by atoms with van der Waals surface area (Å²) < 4.78 is 0. The van der Waals surface area contributed by atoms with Gasteiger partial charge in [0, 0.05) is 29.8 Å². The van der Waals surface area contributed by atoms with Crippen LogP contribution in [0.5, 0.6) is 0 Å². The van der Waals surface area contributed by atoms with Gasteiger partial charge in [-0.1, -0.05) is 18.2 Å². The van der Waals surface area contributed by atoms with E-state index in [2.05, 4.69) is 55.3 Å². The van der Waals surface area contributed by atoms with Gasteiger partial charge in [0.15, 0.2) is 5.82 Å². The van der Waals surface area contributed by atoms with Crippen molar-refractivity contribution in [3.05, 3.63) is 41.1 Å². The Hall–Kier alpha value is -1.90. The Morgan fingerprint density at radius 2 is 2.00 bits per heavy atom. The van der Waals surface area contributed by atoms with Crippen molar-refractivity contribution in [2.75, 3.05) is 11.9 Å². The highest BCUT2D eigenvalue weighted by Crippen LogP contribution is 2.40. The number of anilines is 1. The van der Waals surface area contributed by atoms with E-state index in [9.17, 15) is 0 Å². The van der Waals surface area contributed by atoms with Gasteiger partial charge in [-0.3, -0.25) is 0 Å². The molecule has 0 unspecified atom stereocenters. The first kappa shape index (κ1) is 13.1. The van der Waals surface area contributed by atoms with Gasteiger partial charge in [-0.15, -0.1) is 0 Å². The normalized spacial score (nSPS) is 14.3. The summed E-state index contributed by atoms with van der Waals surface area (Å²) in [6.45, 7) is 7.25. The number of nitrogens with zero attached hydrogens (tertiary/aromatic N) is 2. The summed E-state index contributed by atoms with van der Waals surface area (Å²) in [4.78, 5) is 9.48. The van der Waals surface area contributed by atoms with Crippen LogP contribution in [0, 0.1) is 13.8 Å². The number of rotatable bonds is 4. The summed E-state index contributed by atoms with van der Waals surface area (Å²) in [5, 5.41) is 3.32. The Kier molecular flexibility index (Phi) is 3.43. The average molecular weight is 267 g/mol. The largest absolute Gasteiger partial charge is 0.370 e. The number of aromatic nitrogens is 2. The van der Waals surface area contributed by atoms with Crippen molar-refractivity contribution in [3.63, 3.8) is 0 Å². The Bertz CT molecular complexity index is 630. The topological polar surface area (TPSA) is 37.8 Å². The molecular weight excluding hydrogens is 246 g/mol. The maximum Gasteiger partial charge on any atom is 0.162 e. The van der Waals surface area contributed by atoms with Crippen LogP contribution in [0.1, 0.15) is 42.5 Å². The molecule has 0 atom stereocenters. The lowest BCUT2D eigenvalue weighted by atomic mass is 10.0. The van der Waals surface area contributed by atoms with Crippen LogP contribution in [0.3, 0.4) is 0 Å². The third-order valence-electron chi connectivity index (χ3n) is 3.95. The van der Waals surface area contributed by atoms with E-state index in [1.54, 1.807) is 0 Å². The molecule has 2 aromatic rings. The fourth-order valence-corrected chi connectivity index (χ4v) is 2.44. The first-order valence-corrected chi connectivity index (χ1v) is 7.38. The molecule has 1 aliphatic rings. The Morgan fingerprint density at radius 3 is 2.70 bits per heavy atom. The first-order chi connectivity index (χ1) is 9.69. The van der Waals surface area contributed by atoms with E-state index in [-0.39, 0.29) is 0 Å². The molecule has 1 heterocycles. The van der Waals surface area contributed by atoms with Gasteiger partial charge in [0.05, 0.1) is 0 Å². The Balaban J connectivity index is 2.09. The predicted molar refractivity (Wildman–Crippen MR) is 83.1 cm³/mol. The molecule has 0 aliphatic heterocycles. The minimum atomic E-state index is 0.638. The van der Waals surface area contributed by atoms with E-state index >= 15 is 0 Å². The molecule has 1 saturated carbocycles. The fraction of sp³-hybridized carbons (Fsp3) is 0.412. The zero-order chi connectivity index (χ0) is 14.1. The second kappa shape index (κ2) is 5.23. The second-order valence-electron chi connectivity index (χ2n) is 5.55. The van der Waals surface area contributed by atoms with Crippen LogP contribution >= 0.6 is 0 Å². The molecule has 0 radical (unpaired) electrons. The van der Waals surface area contributed by atoms with Crippen LogP contribution in [-0.2, 0) is 0 Å². The molecule has 3 rings (SSSR count). The van der Waals surface area contributed by atoms with Gasteiger partial charge < -0.3 is 5.32 Å². The van der Waals surface area contributed by atoms with Crippen LogP contribution in [-0.4, -0.2) is 16.5 Å². The molecule has 104 valence electrons. The average Bonchev–Trinajstić information content (AvgIpc) is 3.26. The summed E-state index contributed by atoms with van der Waals surface area (Å²) >= 11 is 0. The van der Waals surface area contributed by atoms with Crippen LogP contribution in [0.4, 0.5) is 5.82 Å². The van der Waals surface area contributed by atoms with Crippen molar-refractivity contribution in [1.29, 1.82) is 0 Å². The standard InChI is InChI=1S/C17H21N3/c1-4-18-16-10-15(13-8-9-13)19-17(20-16)14-7-5-6-11(2)12(14)3/h5-7,10,13H,4,8-9H2,1-3H3,(H,18,19,20). The molecule has 1 N–H and O–H groups in total. The van der Waals surface area contributed by atoms with Crippen LogP contribution in [0.25, 0.3) is 11.4 Å². The lowest BCUT2D eigenvalue weighted by Gasteiger charge is -2.11. The third kappa shape index (κ3) is 2.53. The predicted octanol–water partition coefficient (Wildman–Crippen LogP) is 4.07. The number of hydrogen-bond donors (Lipinski definition) is 1. The summed E-state index contributed by atoms with van der Waals surface area (Å²) in [6.07, 6.45) is 2.52. The summed E-state index contributed by atoms with van der Waals surface area (Å²) in [6, 6.07) is 8.44. The third-order valence-corrected chi connectivity index (χ3v) is 3.95. The summed E-state index contributed by atoms with van der Waals surface area (Å²) in [5.74, 6) is 2.44. The van der Waals surface area contributed by atoms with Gasteiger partial charge in [-0.25, -0.2) is 9.97 Å². The van der Waals surface area contributed by atoms with Crippen molar-refractivity contribution in [2.45, 2.75) is 39.5 Å². The maximum absolute atomic E-state index is 4.80. The zero-order valence-corrected chi connectivity index (χ0v) is 12.4. The highest BCUT2D eigenvalue weighted by molar-refractivity contribution is 5.63. The quantitative estimate of drug-likeness (QED) is 0.907. The van der Waals surface area contributed by atoms with Crippen molar-refractivity contribution in [2.24, 2.45) is 0 Å². The van der Waals surface area contributed by atoms with E-state index in [1.165, 1.54) is 29.7 Å². The monoisotopic (exact) mass is 267 g/mol. The molecule has 1 fully saturated rings. The zero-order valence-electron chi connectivity index (χ0n) is 12.4. The molecule has 0 spiro atoms. The van der Waals surface area contributed by atoms with Gasteiger partial charge >= 0.3 is 0 Å². The number of aryl methyl sites for hydroxylation is 1. The molecule has 1 aromatic heterocycles. The number of benzene rings is 1. The lowest BCUT2D eigenvalue weighted by molar-refractivity contribution is 0.986. The van der Waals surface area contributed by atoms with Crippen LogP contribution in [0.15, 0.2) is 24.3 Å². The van der Waals surface area contributed by atoms with E-state index < -0.39 is 0 Å². The Morgan fingerprint density at radius 1 is 1.20 bits per heavy atom. The van der Waals surface area contributed by atoms with Gasteiger partial charge in [0.25, 0.3) is 0 Å². The fourth-order valence-electron chi connectivity index (χ4n) is 2.44. The number of nitrogens with one attached hydrogen (secondary N) is 1. The Labute approximate surface area is 120 Å². The van der Waals surface area contributed by atoms with E-state index in [1.807, 2.05) is 0 Å². The van der Waals surface area contributed by atoms with Gasteiger partial charge in [0.1, 0.15) is 5.82 Å². The minimum absolute atomic E-state index is 0.638. The number of hydrogen-bond acceptors (Lipinski definition) is 3. The molecule has 3 nitrogen and oxygen atoms in total. The second-order valence-corrected chi connectivity index (χ2v) is 5.55. The van der Waals surface area contributed by atoms with E-state index in [0.717, 1.165) is 23.8 Å². The van der Waals surface area contributed by atoms with Crippen molar-refractivity contribution in [3.8, 4) is 11.4 Å². The molecule has 1 aromatic carbocycles. The molecule has 3 heteroatoms. The molecular formula is C17H21N3. The highest BCUT2D eigenvalue weighted by Gasteiger charge is 2.26. The van der Waals surface area contributed by atoms with Crippen molar-refractivity contribution < 1.29 is 0 Å². The summed E-state index contributed by atoms with van der Waals surface area (Å²) in [7, 11) is 0. The lowest BCUT2D eigenvalue weighted by Crippen LogP contribution is -2.04. The minimum Gasteiger partial charge on any atom is -0.370 e. The molecule has 0 amide bonds. The van der Waals surface area contributed by atoms with Crippen molar-refractivity contribution in [1.82, 2.24) is 9.97 Å². The van der Waals surface area contributed by atoms with Crippen molar-refractivity contribution >= 4 is 5.82 Å². The smallest absolute Gasteiger partial charge is 0.162 e. The van der Waals surface area contributed by atoms with Crippen LogP contribution in [0.2, 0.25) is 0 Å². The molecule has 20 heavy (non-hydrogen) atoms. The summed E-state index contributed by atoms with van der Waals surface area (Å²) in [5.41, 5.74) is 4.88. The van der Waals surface area contributed by atoms with Gasteiger partial charge in [0.2, 0.25) is 0 Å². The molecule has 1 aliphatic carbocycles. The first-order valence-electron chi connectivity index (χ1n) is 7.38.